The van der Waals surface area contributed by atoms with E-state index in [4.69, 9.17) is 4.74 Å². The summed E-state index contributed by atoms with van der Waals surface area (Å²) in [5.41, 5.74) is 6.03. The lowest BCUT2D eigenvalue weighted by molar-refractivity contribution is 0.0519. The van der Waals surface area contributed by atoms with Crippen LogP contribution in [0, 0.1) is 6.92 Å². The molecule has 0 unspecified atom stereocenters. The Balaban J connectivity index is 2.10. The smallest absolute Gasteiger partial charge is 0.355 e. The largest absolute Gasteiger partial charge is 0.461 e. The molecule has 2 aromatic carbocycles. The molecule has 0 bridgehead atoms. The number of hydrogen-bond acceptors (Lipinski definition) is 2. The first-order valence-electron chi connectivity index (χ1n) is 8.37. The van der Waals surface area contributed by atoms with Gasteiger partial charge in [0.2, 0.25) is 0 Å². The van der Waals surface area contributed by atoms with Crippen LogP contribution in [-0.4, -0.2) is 22.5 Å². The van der Waals surface area contributed by atoms with E-state index in [0.717, 1.165) is 33.9 Å². The fourth-order valence-electron chi connectivity index (χ4n) is 3.71. The molecule has 0 atom stereocenters. The molecule has 0 saturated heterocycles. The van der Waals surface area contributed by atoms with Crippen LogP contribution in [0.1, 0.15) is 35.5 Å². The van der Waals surface area contributed by atoms with Crippen molar-refractivity contribution in [2.45, 2.75) is 27.2 Å². The molecule has 122 valence electrons. The van der Waals surface area contributed by atoms with E-state index in [-0.39, 0.29) is 5.97 Å². The van der Waals surface area contributed by atoms with Crippen molar-refractivity contribution in [2.24, 2.45) is 0 Å². The zero-order chi connectivity index (χ0) is 16.8. The lowest BCUT2D eigenvalue weighted by Crippen LogP contribution is -2.07. The molecular formula is C20H20N2O2. The van der Waals surface area contributed by atoms with E-state index in [2.05, 4.69) is 42.0 Å². The molecule has 0 saturated carbocycles. The Labute approximate surface area is 139 Å². The lowest BCUT2D eigenvalue weighted by Gasteiger charge is -2.04. The van der Waals surface area contributed by atoms with Crippen molar-refractivity contribution in [3.05, 3.63) is 47.2 Å². The van der Waals surface area contributed by atoms with Gasteiger partial charge in [-0.2, -0.15) is 0 Å². The van der Waals surface area contributed by atoms with Gasteiger partial charge in [-0.05, 0) is 43.5 Å². The number of carbonyl (C=O) groups excluding carboxylic acids is 1. The molecular weight excluding hydrogens is 300 g/mol. The van der Waals surface area contributed by atoms with E-state index >= 15 is 0 Å². The summed E-state index contributed by atoms with van der Waals surface area (Å²) in [6.45, 7) is 6.39. The Morgan fingerprint density at radius 3 is 2.62 bits per heavy atom. The van der Waals surface area contributed by atoms with Gasteiger partial charge in [0.05, 0.1) is 12.1 Å². The first-order chi connectivity index (χ1) is 11.7. The van der Waals surface area contributed by atoms with E-state index in [0.29, 0.717) is 12.3 Å². The number of benzene rings is 2. The molecule has 0 fully saturated rings. The summed E-state index contributed by atoms with van der Waals surface area (Å²) < 4.78 is 5.21. The monoisotopic (exact) mass is 320 g/mol. The first kappa shape index (κ1) is 14.8. The third kappa shape index (κ3) is 1.96. The van der Waals surface area contributed by atoms with Gasteiger partial charge in [-0.1, -0.05) is 25.1 Å². The molecule has 0 spiro atoms. The van der Waals surface area contributed by atoms with Crippen molar-refractivity contribution in [3.8, 4) is 0 Å². The van der Waals surface area contributed by atoms with Crippen LogP contribution < -0.4 is 0 Å². The third-order valence-electron chi connectivity index (χ3n) is 4.75. The van der Waals surface area contributed by atoms with Gasteiger partial charge in [-0.15, -0.1) is 0 Å². The SMILES string of the molecule is CCOC(=O)c1[nH]c2cc3c([nH]c4ccccc43)c(C)c2c1CC. The summed E-state index contributed by atoms with van der Waals surface area (Å²) >= 11 is 0. The molecule has 4 aromatic rings. The number of esters is 1. The lowest BCUT2D eigenvalue weighted by atomic mass is 10.0. The van der Waals surface area contributed by atoms with E-state index in [1.54, 1.807) is 0 Å². The maximum Gasteiger partial charge on any atom is 0.355 e. The van der Waals surface area contributed by atoms with E-state index in [9.17, 15) is 4.79 Å². The molecule has 0 amide bonds. The number of fused-ring (bicyclic) bond motifs is 4. The minimum atomic E-state index is -0.279. The van der Waals surface area contributed by atoms with Gasteiger partial charge >= 0.3 is 5.97 Å². The summed E-state index contributed by atoms with van der Waals surface area (Å²) in [5.74, 6) is -0.279. The van der Waals surface area contributed by atoms with Gasteiger partial charge in [0.15, 0.2) is 0 Å². The van der Waals surface area contributed by atoms with E-state index in [1.807, 2.05) is 19.1 Å². The summed E-state index contributed by atoms with van der Waals surface area (Å²) in [6, 6.07) is 10.4. The summed E-state index contributed by atoms with van der Waals surface area (Å²) in [5, 5.41) is 3.50. The molecule has 2 heterocycles. The number of para-hydroxylation sites is 1. The average molecular weight is 320 g/mol. The van der Waals surface area contributed by atoms with Crippen molar-refractivity contribution in [1.29, 1.82) is 0 Å². The molecule has 24 heavy (non-hydrogen) atoms. The molecule has 0 aliphatic carbocycles. The standard InChI is InChI=1S/C20H20N2O2/c1-4-12-17-11(3)18-14(13-8-6-7-9-15(13)21-18)10-16(17)22-19(12)20(23)24-5-2/h6-10,21-22H,4-5H2,1-3H3. The molecule has 2 aromatic heterocycles. The highest BCUT2D eigenvalue weighted by atomic mass is 16.5. The second kappa shape index (κ2) is 5.41. The number of aromatic nitrogens is 2. The van der Waals surface area contributed by atoms with Gasteiger partial charge in [0, 0.05) is 27.2 Å². The van der Waals surface area contributed by atoms with Crippen molar-refractivity contribution >= 4 is 38.7 Å². The van der Waals surface area contributed by atoms with Crippen LogP contribution in [0.25, 0.3) is 32.7 Å². The van der Waals surface area contributed by atoms with Gasteiger partial charge in [-0.3, -0.25) is 0 Å². The van der Waals surface area contributed by atoms with Crippen LogP contribution in [0.4, 0.5) is 0 Å². The quantitative estimate of drug-likeness (QED) is 0.530. The molecule has 4 rings (SSSR count). The minimum Gasteiger partial charge on any atom is -0.461 e. The molecule has 0 aliphatic rings. The molecule has 0 radical (unpaired) electrons. The number of rotatable bonds is 3. The molecule has 0 aliphatic heterocycles. The Hall–Kier alpha value is -2.75. The highest BCUT2D eigenvalue weighted by Gasteiger charge is 2.21. The number of H-pyrrole nitrogens is 2. The maximum absolute atomic E-state index is 12.3. The van der Waals surface area contributed by atoms with Crippen LogP contribution in [0.15, 0.2) is 30.3 Å². The van der Waals surface area contributed by atoms with Crippen molar-refractivity contribution < 1.29 is 9.53 Å². The number of aromatic amines is 2. The maximum atomic E-state index is 12.3. The van der Waals surface area contributed by atoms with Crippen LogP contribution in [0.2, 0.25) is 0 Å². The Morgan fingerprint density at radius 2 is 1.88 bits per heavy atom. The number of hydrogen-bond donors (Lipinski definition) is 2. The second-order valence-electron chi connectivity index (χ2n) is 6.07. The summed E-state index contributed by atoms with van der Waals surface area (Å²) in [6.07, 6.45) is 0.778. The van der Waals surface area contributed by atoms with Crippen LogP contribution in [0.5, 0.6) is 0 Å². The normalized spacial score (nSPS) is 11.6. The van der Waals surface area contributed by atoms with Crippen molar-refractivity contribution in [1.82, 2.24) is 9.97 Å². The average Bonchev–Trinajstić information content (AvgIpc) is 3.14. The topological polar surface area (TPSA) is 57.9 Å². The highest BCUT2D eigenvalue weighted by molar-refractivity contribution is 6.15. The number of carbonyl (C=O) groups is 1. The van der Waals surface area contributed by atoms with Crippen LogP contribution >= 0.6 is 0 Å². The molecule has 4 heteroatoms. The van der Waals surface area contributed by atoms with Crippen LogP contribution in [-0.2, 0) is 11.2 Å². The van der Waals surface area contributed by atoms with Crippen molar-refractivity contribution in [2.75, 3.05) is 6.61 Å². The van der Waals surface area contributed by atoms with E-state index < -0.39 is 0 Å². The Kier molecular flexibility index (Phi) is 3.34. The number of nitrogens with one attached hydrogen (secondary N) is 2. The second-order valence-corrected chi connectivity index (χ2v) is 6.07. The van der Waals surface area contributed by atoms with Crippen molar-refractivity contribution in [3.63, 3.8) is 0 Å². The van der Waals surface area contributed by atoms with Gasteiger partial charge in [0.25, 0.3) is 0 Å². The van der Waals surface area contributed by atoms with Gasteiger partial charge in [-0.25, -0.2) is 4.79 Å². The predicted octanol–water partition coefficient (Wildman–Crippen LogP) is 4.85. The predicted molar refractivity (Wildman–Crippen MR) is 97.7 cm³/mol. The number of aryl methyl sites for hydroxylation is 2. The van der Waals surface area contributed by atoms with E-state index in [1.165, 1.54) is 16.3 Å². The zero-order valence-electron chi connectivity index (χ0n) is 14.1. The zero-order valence-corrected chi connectivity index (χ0v) is 14.1. The highest BCUT2D eigenvalue weighted by Crippen LogP contribution is 2.35. The number of ether oxygens (including phenoxy) is 1. The van der Waals surface area contributed by atoms with Gasteiger partial charge < -0.3 is 14.7 Å². The third-order valence-corrected chi connectivity index (χ3v) is 4.75. The first-order valence-corrected chi connectivity index (χ1v) is 8.37. The fraction of sp³-hybridized carbons (Fsp3) is 0.250. The van der Waals surface area contributed by atoms with Crippen LogP contribution in [0.3, 0.4) is 0 Å². The molecule has 4 nitrogen and oxygen atoms in total. The molecule has 2 N–H and O–H groups in total. The Morgan fingerprint density at radius 1 is 1.08 bits per heavy atom. The Bertz CT molecular complexity index is 1090. The summed E-state index contributed by atoms with van der Waals surface area (Å²) in [4.78, 5) is 19.1. The summed E-state index contributed by atoms with van der Waals surface area (Å²) in [7, 11) is 0. The van der Waals surface area contributed by atoms with Gasteiger partial charge in [0.1, 0.15) is 5.69 Å². The fourth-order valence-corrected chi connectivity index (χ4v) is 3.71. The minimum absolute atomic E-state index is 0.279.